The average Bonchev–Trinajstić information content (AvgIpc) is 2.52. The van der Waals surface area contributed by atoms with Crippen LogP contribution in [0.1, 0.15) is 12.8 Å². The van der Waals surface area contributed by atoms with Gasteiger partial charge >= 0.3 is 0 Å². The molecular formula is C15H21FN2O4S. The van der Waals surface area contributed by atoms with E-state index in [0.717, 1.165) is 6.26 Å². The number of nitrogens with one attached hydrogen (secondary N) is 1. The molecule has 1 aliphatic rings. The lowest BCUT2D eigenvalue weighted by Gasteiger charge is -2.30. The summed E-state index contributed by atoms with van der Waals surface area (Å²) in [6.45, 7) is 1.27. The van der Waals surface area contributed by atoms with Gasteiger partial charge in [0.25, 0.3) is 0 Å². The third kappa shape index (κ3) is 5.47. The second-order valence-electron chi connectivity index (χ2n) is 5.55. The Balaban J connectivity index is 1.73. The number of rotatable bonds is 6. The summed E-state index contributed by atoms with van der Waals surface area (Å²) in [5.74, 6) is -0.301. The number of halogens is 1. The van der Waals surface area contributed by atoms with Gasteiger partial charge in [-0.1, -0.05) is 0 Å². The first-order chi connectivity index (χ1) is 10.9. The Morgan fingerprint density at radius 1 is 1.39 bits per heavy atom. The lowest BCUT2D eigenvalue weighted by atomic mass is 9.99. The van der Waals surface area contributed by atoms with Crippen molar-refractivity contribution in [2.75, 3.05) is 32.5 Å². The van der Waals surface area contributed by atoms with Gasteiger partial charge in [0.05, 0.1) is 18.7 Å². The maximum atomic E-state index is 12.7. The summed E-state index contributed by atoms with van der Waals surface area (Å²) in [6.07, 6.45) is 2.51. The second-order valence-corrected chi connectivity index (χ2v) is 7.54. The highest BCUT2D eigenvalue weighted by atomic mass is 32.2. The molecule has 0 radical (unpaired) electrons. The number of carbonyl (C=O) groups excluding carboxylic acids is 1. The highest BCUT2D eigenvalue weighted by molar-refractivity contribution is 7.88. The van der Waals surface area contributed by atoms with Gasteiger partial charge in [0.2, 0.25) is 15.9 Å². The minimum atomic E-state index is -3.26. The lowest BCUT2D eigenvalue weighted by Crippen LogP contribution is -2.45. The molecule has 1 unspecified atom stereocenters. The summed E-state index contributed by atoms with van der Waals surface area (Å²) in [4.78, 5) is 12.1. The fraction of sp³-hybridized carbons (Fsp3) is 0.533. The predicted molar refractivity (Wildman–Crippen MR) is 84.0 cm³/mol. The lowest BCUT2D eigenvalue weighted by molar-refractivity contribution is -0.126. The highest BCUT2D eigenvalue weighted by Gasteiger charge is 2.29. The maximum Gasteiger partial charge on any atom is 0.224 e. The first-order valence-corrected chi connectivity index (χ1v) is 9.32. The first-order valence-electron chi connectivity index (χ1n) is 7.47. The zero-order valence-corrected chi connectivity index (χ0v) is 13.8. The van der Waals surface area contributed by atoms with Crippen molar-refractivity contribution < 1.29 is 22.3 Å². The zero-order chi connectivity index (χ0) is 16.9. The Bertz CT molecular complexity index is 633. The molecule has 1 heterocycles. The maximum absolute atomic E-state index is 12.7. The van der Waals surface area contributed by atoms with Crippen molar-refractivity contribution in [2.45, 2.75) is 12.8 Å². The van der Waals surface area contributed by atoms with E-state index >= 15 is 0 Å². The Labute approximate surface area is 135 Å². The van der Waals surface area contributed by atoms with E-state index in [9.17, 15) is 17.6 Å². The minimum absolute atomic E-state index is 0.166. The molecule has 2 rings (SSSR count). The van der Waals surface area contributed by atoms with E-state index in [0.29, 0.717) is 31.7 Å². The summed E-state index contributed by atoms with van der Waals surface area (Å²) in [5.41, 5.74) is 0. The molecule has 1 saturated heterocycles. The van der Waals surface area contributed by atoms with Crippen molar-refractivity contribution in [3.05, 3.63) is 30.1 Å². The SMILES string of the molecule is CS(=O)(=O)N1CCCC(C(=O)NCCOc2ccc(F)cc2)C1. The fourth-order valence-electron chi connectivity index (χ4n) is 2.48. The van der Waals surface area contributed by atoms with Crippen LogP contribution in [-0.2, 0) is 14.8 Å². The molecule has 0 saturated carbocycles. The number of nitrogens with zero attached hydrogens (tertiary/aromatic N) is 1. The molecule has 23 heavy (non-hydrogen) atoms. The number of ether oxygens (including phenoxy) is 1. The van der Waals surface area contributed by atoms with Crippen molar-refractivity contribution in [2.24, 2.45) is 5.92 Å². The molecule has 0 aromatic heterocycles. The Kier molecular flexibility index (Phi) is 5.95. The molecule has 0 spiro atoms. The van der Waals surface area contributed by atoms with E-state index in [-0.39, 0.29) is 30.8 Å². The van der Waals surface area contributed by atoms with Crippen LogP contribution in [0.3, 0.4) is 0 Å². The van der Waals surface area contributed by atoms with E-state index in [1.165, 1.54) is 28.6 Å². The summed E-state index contributed by atoms with van der Waals surface area (Å²) in [7, 11) is -3.26. The largest absolute Gasteiger partial charge is 0.492 e. The molecule has 0 aliphatic carbocycles. The van der Waals surface area contributed by atoms with Crippen LogP contribution >= 0.6 is 0 Å². The fourth-order valence-corrected chi connectivity index (χ4v) is 3.39. The van der Waals surface area contributed by atoms with Crippen molar-refractivity contribution in [3.63, 3.8) is 0 Å². The molecule has 1 amide bonds. The highest BCUT2D eigenvalue weighted by Crippen LogP contribution is 2.18. The van der Waals surface area contributed by atoms with Gasteiger partial charge in [-0.15, -0.1) is 0 Å². The van der Waals surface area contributed by atoms with Crippen molar-refractivity contribution >= 4 is 15.9 Å². The van der Waals surface area contributed by atoms with Crippen molar-refractivity contribution in [1.82, 2.24) is 9.62 Å². The number of hydrogen-bond acceptors (Lipinski definition) is 4. The molecule has 1 atom stereocenters. The van der Waals surface area contributed by atoms with E-state index in [1.807, 2.05) is 0 Å². The van der Waals surface area contributed by atoms with E-state index in [2.05, 4.69) is 5.32 Å². The smallest absolute Gasteiger partial charge is 0.224 e. The Morgan fingerprint density at radius 2 is 2.09 bits per heavy atom. The van der Waals surface area contributed by atoms with Gasteiger partial charge in [0.1, 0.15) is 18.2 Å². The number of benzene rings is 1. The van der Waals surface area contributed by atoms with Crippen LogP contribution < -0.4 is 10.1 Å². The molecule has 0 bridgehead atoms. The molecule has 1 fully saturated rings. The molecular weight excluding hydrogens is 323 g/mol. The molecule has 8 heteroatoms. The topological polar surface area (TPSA) is 75.7 Å². The number of carbonyl (C=O) groups is 1. The van der Waals surface area contributed by atoms with Gasteiger partial charge in [0, 0.05) is 13.1 Å². The molecule has 1 aromatic carbocycles. The van der Waals surface area contributed by atoms with Crippen LogP contribution in [-0.4, -0.2) is 51.1 Å². The third-order valence-corrected chi connectivity index (χ3v) is 4.98. The summed E-state index contributed by atoms with van der Waals surface area (Å²) >= 11 is 0. The summed E-state index contributed by atoms with van der Waals surface area (Å²) in [6, 6.07) is 5.63. The quantitative estimate of drug-likeness (QED) is 0.781. The minimum Gasteiger partial charge on any atom is -0.492 e. The van der Waals surface area contributed by atoms with Gasteiger partial charge in [-0.05, 0) is 37.1 Å². The Morgan fingerprint density at radius 3 is 2.74 bits per heavy atom. The first kappa shape index (κ1) is 17.7. The van der Waals surface area contributed by atoms with Crippen molar-refractivity contribution in [1.29, 1.82) is 0 Å². The van der Waals surface area contributed by atoms with Gasteiger partial charge < -0.3 is 10.1 Å². The van der Waals surface area contributed by atoms with E-state index < -0.39 is 10.0 Å². The molecule has 1 aromatic rings. The number of amides is 1. The number of sulfonamides is 1. The molecule has 128 valence electrons. The summed E-state index contributed by atoms with van der Waals surface area (Å²) in [5, 5.41) is 2.75. The number of piperidine rings is 1. The van der Waals surface area contributed by atoms with Gasteiger partial charge in [-0.3, -0.25) is 4.79 Å². The normalized spacial score (nSPS) is 19.3. The van der Waals surface area contributed by atoms with Crippen LogP contribution in [0.5, 0.6) is 5.75 Å². The third-order valence-electron chi connectivity index (χ3n) is 3.71. The molecule has 6 nitrogen and oxygen atoms in total. The number of hydrogen-bond donors (Lipinski definition) is 1. The van der Waals surface area contributed by atoms with Crippen LogP contribution in [0.25, 0.3) is 0 Å². The molecule has 1 aliphatic heterocycles. The van der Waals surface area contributed by atoms with Gasteiger partial charge in [-0.2, -0.15) is 0 Å². The second kappa shape index (κ2) is 7.74. The standard InChI is InChI=1S/C15H21FN2O4S/c1-23(20,21)18-9-2-3-12(11-18)15(19)17-8-10-22-14-6-4-13(16)5-7-14/h4-7,12H,2-3,8-11H2,1H3,(H,17,19). The summed E-state index contributed by atoms with van der Waals surface area (Å²) < 4.78 is 42.6. The van der Waals surface area contributed by atoms with Crippen LogP contribution in [0.2, 0.25) is 0 Å². The average molecular weight is 344 g/mol. The monoisotopic (exact) mass is 344 g/mol. The van der Waals surface area contributed by atoms with E-state index in [1.54, 1.807) is 0 Å². The van der Waals surface area contributed by atoms with Gasteiger partial charge in [-0.25, -0.2) is 17.1 Å². The van der Waals surface area contributed by atoms with E-state index in [4.69, 9.17) is 4.74 Å². The van der Waals surface area contributed by atoms with Crippen LogP contribution in [0.15, 0.2) is 24.3 Å². The van der Waals surface area contributed by atoms with Crippen LogP contribution in [0.4, 0.5) is 4.39 Å². The Hall–Kier alpha value is -1.67. The van der Waals surface area contributed by atoms with Gasteiger partial charge in [0.15, 0.2) is 0 Å². The predicted octanol–water partition coefficient (Wildman–Crippen LogP) is 0.992. The van der Waals surface area contributed by atoms with Crippen LogP contribution in [0, 0.1) is 11.7 Å². The molecule has 1 N–H and O–H groups in total. The zero-order valence-electron chi connectivity index (χ0n) is 13.0. The van der Waals surface area contributed by atoms with Crippen molar-refractivity contribution in [3.8, 4) is 5.75 Å².